The Morgan fingerprint density at radius 2 is 2.04 bits per heavy atom. The van der Waals surface area contributed by atoms with Crippen LogP contribution in [0, 0.1) is 6.92 Å². The third-order valence-corrected chi connectivity index (χ3v) is 5.83. The molecule has 1 aliphatic heterocycles. The van der Waals surface area contributed by atoms with Crippen molar-refractivity contribution in [3.8, 4) is 5.75 Å². The fraction of sp³-hybridized carbons (Fsp3) is 0.588. The van der Waals surface area contributed by atoms with E-state index in [-0.39, 0.29) is 23.5 Å². The van der Waals surface area contributed by atoms with Crippen molar-refractivity contribution in [2.75, 3.05) is 46.6 Å². The molecular weight excluding hydrogens is 360 g/mol. The zero-order chi connectivity index (χ0) is 19.2. The van der Waals surface area contributed by atoms with Crippen LogP contribution in [0.2, 0.25) is 0 Å². The summed E-state index contributed by atoms with van der Waals surface area (Å²) in [5.41, 5.74) is 0.650. The van der Waals surface area contributed by atoms with Gasteiger partial charge in [0.25, 0.3) is 5.91 Å². The average molecular weight is 386 g/mol. The number of methoxy groups -OCH3 is 1. The van der Waals surface area contributed by atoms with Crippen LogP contribution in [0.1, 0.15) is 12.5 Å². The molecule has 1 aromatic rings. The van der Waals surface area contributed by atoms with Gasteiger partial charge in [-0.2, -0.15) is 4.31 Å². The standard InChI is InChI=1S/C17H26N2O6S/c1-13-10-15(26(21,22)19-6-8-24-9-7-19)4-5-16(13)25-12-17(20)18-14(2)11-23-3/h4-5,10,14H,6-9,11-12H2,1-3H3,(H,18,20). The lowest BCUT2D eigenvalue weighted by Gasteiger charge is -2.26. The molecule has 2 rings (SSSR count). The number of sulfonamides is 1. The molecule has 26 heavy (non-hydrogen) atoms. The SMILES string of the molecule is COCC(C)NC(=O)COc1ccc(S(=O)(=O)N2CCOCC2)cc1C. The van der Waals surface area contributed by atoms with Gasteiger partial charge < -0.3 is 19.5 Å². The Bertz CT molecular complexity index is 716. The molecule has 1 amide bonds. The summed E-state index contributed by atoms with van der Waals surface area (Å²) in [4.78, 5) is 12.1. The Morgan fingerprint density at radius 3 is 2.65 bits per heavy atom. The summed E-state index contributed by atoms with van der Waals surface area (Å²) in [6.45, 7) is 5.34. The second-order valence-electron chi connectivity index (χ2n) is 6.16. The summed E-state index contributed by atoms with van der Waals surface area (Å²) in [5, 5.41) is 2.75. The number of carbonyl (C=O) groups excluding carboxylic acids is 1. The number of hydrogen-bond acceptors (Lipinski definition) is 6. The molecule has 1 saturated heterocycles. The number of nitrogens with zero attached hydrogens (tertiary/aromatic N) is 1. The molecule has 1 unspecified atom stereocenters. The Balaban J connectivity index is 1.99. The predicted octanol–water partition coefficient (Wildman–Crippen LogP) is 0.546. The van der Waals surface area contributed by atoms with Crippen LogP contribution in [0.25, 0.3) is 0 Å². The second-order valence-corrected chi connectivity index (χ2v) is 8.09. The smallest absolute Gasteiger partial charge is 0.258 e. The maximum Gasteiger partial charge on any atom is 0.258 e. The van der Waals surface area contributed by atoms with Crippen LogP contribution in [0.15, 0.2) is 23.1 Å². The molecular formula is C17H26N2O6S. The van der Waals surface area contributed by atoms with Gasteiger partial charge in [-0.25, -0.2) is 8.42 Å². The number of amides is 1. The van der Waals surface area contributed by atoms with E-state index >= 15 is 0 Å². The van der Waals surface area contributed by atoms with Crippen molar-refractivity contribution in [3.05, 3.63) is 23.8 Å². The number of hydrogen-bond donors (Lipinski definition) is 1. The second kappa shape index (κ2) is 9.31. The quantitative estimate of drug-likeness (QED) is 0.701. The first kappa shape index (κ1) is 20.6. The summed E-state index contributed by atoms with van der Waals surface area (Å²) in [5.74, 6) is 0.208. The Hall–Kier alpha value is -1.68. The lowest BCUT2D eigenvalue weighted by atomic mass is 10.2. The highest BCUT2D eigenvalue weighted by molar-refractivity contribution is 7.89. The van der Waals surface area contributed by atoms with Gasteiger partial charge in [0.15, 0.2) is 6.61 Å². The molecule has 8 nitrogen and oxygen atoms in total. The van der Waals surface area contributed by atoms with E-state index in [1.807, 2.05) is 6.92 Å². The van der Waals surface area contributed by atoms with Gasteiger partial charge in [0.05, 0.1) is 24.7 Å². The number of benzene rings is 1. The van der Waals surface area contributed by atoms with E-state index in [2.05, 4.69) is 5.32 Å². The van der Waals surface area contributed by atoms with E-state index < -0.39 is 10.0 Å². The molecule has 146 valence electrons. The molecule has 0 bridgehead atoms. The molecule has 0 spiro atoms. The van der Waals surface area contributed by atoms with Crippen LogP contribution in [0.4, 0.5) is 0 Å². The highest BCUT2D eigenvalue weighted by atomic mass is 32.2. The number of rotatable bonds is 8. The lowest BCUT2D eigenvalue weighted by molar-refractivity contribution is -0.124. The first-order valence-electron chi connectivity index (χ1n) is 8.44. The Labute approximate surface area is 154 Å². The molecule has 1 aliphatic rings. The largest absolute Gasteiger partial charge is 0.484 e. The van der Waals surface area contributed by atoms with E-state index in [4.69, 9.17) is 14.2 Å². The molecule has 1 fully saturated rings. The van der Waals surface area contributed by atoms with E-state index in [0.717, 1.165) is 0 Å². The lowest BCUT2D eigenvalue weighted by Crippen LogP contribution is -2.40. The van der Waals surface area contributed by atoms with Gasteiger partial charge >= 0.3 is 0 Å². The van der Waals surface area contributed by atoms with E-state index in [9.17, 15) is 13.2 Å². The van der Waals surface area contributed by atoms with Gasteiger partial charge in [-0.15, -0.1) is 0 Å². The topological polar surface area (TPSA) is 94.2 Å². The maximum absolute atomic E-state index is 12.7. The van der Waals surface area contributed by atoms with Crippen LogP contribution in [0.3, 0.4) is 0 Å². The van der Waals surface area contributed by atoms with Gasteiger partial charge in [0.1, 0.15) is 5.75 Å². The summed E-state index contributed by atoms with van der Waals surface area (Å²) in [6.07, 6.45) is 0. The van der Waals surface area contributed by atoms with Crippen molar-refractivity contribution in [2.45, 2.75) is 24.8 Å². The molecule has 0 aromatic heterocycles. The van der Waals surface area contributed by atoms with Gasteiger partial charge in [0, 0.05) is 26.2 Å². The minimum Gasteiger partial charge on any atom is -0.484 e. The van der Waals surface area contributed by atoms with E-state index in [1.54, 1.807) is 26.2 Å². The summed E-state index contributed by atoms with van der Waals surface area (Å²) in [7, 11) is -1.99. The number of nitrogens with one attached hydrogen (secondary N) is 1. The van der Waals surface area contributed by atoms with Crippen molar-refractivity contribution >= 4 is 15.9 Å². The third-order valence-electron chi connectivity index (χ3n) is 3.94. The van der Waals surface area contributed by atoms with Gasteiger partial charge in [-0.05, 0) is 37.6 Å². The third kappa shape index (κ3) is 5.41. The fourth-order valence-corrected chi connectivity index (χ4v) is 4.13. The highest BCUT2D eigenvalue weighted by Crippen LogP contribution is 2.24. The molecule has 1 heterocycles. The zero-order valence-corrected chi connectivity index (χ0v) is 16.2. The summed E-state index contributed by atoms with van der Waals surface area (Å²) < 4.78 is 42.4. The number of morpholine rings is 1. The zero-order valence-electron chi connectivity index (χ0n) is 15.4. The summed E-state index contributed by atoms with van der Waals surface area (Å²) in [6, 6.07) is 4.52. The van der Waals surface area contributed by atoms with Crippen molar-refractivity contribution in [2.24, 2.45) is 0 Å². The predicted molar refractivity (Wildman–Crippen MR) is 95.7 cm³/mol. The van der Waals surface area contributed by atoms with Crippen LogP contribution in [0.5, 0.6) is 5.75 Å². The number of aryl methyl sites for hydroxylation is 1. The maximum atomic E-state index is 12.7. The first-order valence-corrected chi connectivity index (χ1v) is 9.88. The molecule has 9 heteroatoms. The van der Waals surface area contributed by atoms with Crippen molar-refractivity contribution in [1.29, 1.82) is 0 Å². The van der Waals surface area contributed by atoms with Crippen molar-refractivity contribution in [1.82, 2.24) is 9.62 Å². The first-order chi connectivity index (χ1) is 12.3. The molecule has 1 N–H and O–H groups in total. The molecule has 1 aromatic carbocycles. The van der Waals surface area contributed by atoms with Crippen LogP contribution in [-0.2, 0) is 24.3 Å². The number of ether oxygens (including phenoxy) is 3. The van der Waals surface area contributed by atoms with Crippen molar-refractivity contribution in [3.63, 3.8) is 0 Å². The minimum atomic E-state index is -3.55. The average Bonchev–Trinajstić information content (AvgIpc) is 2.61. The monoisotopic (exact) mass is 386 g/mol. The van der Waals surface area contributed by atoms with Crippen LogP contribution in [-0.4, -0.2) is 71.3 Å². The van der Waals surface area contributed by atoms with Gasteiger partial charge in [-0.3, -0.25) is 4.79 Å². The van der Waals surface area contributed by atoms with E-state index in [0.29, 0.717) is 44.2 Å². The molecule has 0 aliphatic carbocycles. The Morgan fingerprint density at radius 1 is 1.35 bits per heavy atom. The fourth-order valence-electron chi connectivity index (χ4n) is 2.63. The highest BCUT2D eigenvalue weighted by Gasteiger charge is 2.26. The molecule has 0 saturated carbocycles. The Kier molecular flexibility index (Phi) is 7.39. The minimum absolute atomic E-state index is 0.113. The molecule has 1 atom stereocenters. The number of carbonyl (C=O) groups is 1. The van der Waals surface area contributed by atoms with Gasteiger partial charge in [0.2, 0.25) is 10.0 Å². The van der Waals surface area contributed by atoms with Crippen LogP contribution >= 0.6 is 0 Å². The van der Waals surface area contributed by atoms with Crippen LogP contribution < -0.4 is 10.1 Å². The van der Waals surface area contributed by atoms with Crippen molar-refractivity contribution < 1.29 is 27.4 Å². The normalized spacial score (nSPS) is 16.9. The molecule has 0 radical (unpaired) electrons. The summed E-state index contributed by atoms with van der Waals surface area (Å²) >= 11 is 0. The van der Waals surface area contributed by atoms with E-state index in [1.165, 1.54) is 10.4 Å². The van der Waals surface area contributed by atoms with Gasteiger partial charge in [-0.1, -0.05) is 0 Å².